The molecule has 1 rings (SSSR count). The molecule has 0 radical (unpaired) electrons. The molecule has 0 spiro atoms. The maximum absolute atomic E-state index is 12.1. The van der Waals surface area contributed by atoms with Crippen molar-refractivity contribution in [3.63, 3.8) is 0 Å². The molecule has 1 amide bonds. The van der Waals surface area contributed by atoms with Gasteiger partial charge in [-0.3, -0.25) is 4.90 Å². The molecule has 1 aromatic rings. The Hall–Kier alpha value is -1.07. The molecule has 0 aromatic heterocycles. The third kappa shape index (κ3) is 4.31. The van der Waals surface area contributed by atoms with Gasteiger partial charge in [-0.1, -0.05) is 12.1 Å². The highest BCUT2D eigenvalue weighted by molar-refractivity contribution is 9.10. The summed E-state index contributed by atoms with van der Waals surface area (Å²) in [5, 5.41) is 9.07. The van der Waals surface area contributed by atoms with E-state index >= 15 is 0 Å². The Bertz CT molecular complexity index is 415. The number of anilines is 1. The van der Waals surface area contributed by atoms with Gasteiger partial charge in [0.05, 0.1) is 18.8 Å². The van der Waals surface area contributed by atoms with Crippen LogP contribution in [0.15, 0.2) is 28.7 Å². The summed E-state index contributed by atoms with van der Waals surface area (Å²) < 4.78 is 6.10. The first-order valence-corrected chi connectivity index (χ1v) is 6.50. The van der Waals surface area contributed by atoms with Gasteiger partial charge in [0, 0.05) is 4.47 Å². The van der Waals surface area contributed by atoms with Crippen LogP contribution in [0, 0.1) is 0 Å². The maximum atomic E-state index is 12.1. The van der Waals surface area contributed by atoms with Crippen molar-refractivity contribution in [3.05, 3.63) is 28.7 Å². The van der Waals surface area contributed by atoms with Crippen molar-refractivity contribution in [3.8, 4) is 0 Å². The summed E-state index contributed by atoms with van der Waals surface area (Å²) >= 11 is 3.38. The Morgan fingerprint density at radius 1 is 1.39 bits per heavy atom. The number of rotatable bonds is 3. The number of carbonyl (C=O) groups excluding carboxylic acids is 1. The van der Waals surface area contributed by atoms with Crippen molar-refractivity contribution < 1.29 is 14.6 Å². The topological polar surface area (TPSA) is 49.8 Å². The predicted molar refractivity (Wildman–Crippen MR) is 74.8 cm³/mol. The van der Waals surface area contributed by atoms with E-state index in [1.54, 1.807) is 6.07 Å². The molecule has 18 heavy (non-hydrogen) atoms. The lowest BCUT2D eigenvalue weighted by Crippen LogP contribution is -2.38. The van der Waals surface area contributed by atoms with E-state index in [-0.39, 0.29) is 13.2 Å². The smallest absolute Gasteiger partial charge is 0.414 e. The number of nitrogens with zero attached hydrogens (tertiary/aromatic N) is 1. The maximum Gasteiger partial charge on any atom is 0.414 e. The van der Waals surface area contributed by atoms with Gasteiger partial charge < -0.3 is 9.84 Å². The van der Waals surface area contributed by atoms with E-state index in [0.717, 1.165) is 4.47 Å². The first-order valence-electron chi connectivity index (χ1n) is 5.71. The van der Waals surface area contributed by atoms with Gasteiger partial charge in [0.15, 0.2) is 0 Å². The van der Waals surface area contributed by atoms with Crippen LogP contribution in [0.25, 0.3) is 0 Å². The zero-order valence-corrected chi connectivity index (χ0v) is 12.4. The fourth-order valence-electron chi connectivity index (χ4n) is 1.40. The van der Waals surface area contributed by atoms with Crippen LogP contribution in [0.5, 0.6) is 0 Å². The molecule has 0 fully saturated rings. The molecule has 0 saturated carbocycles. The number of halogens is 1. The first-order chi connectivity index (χ1) is 8.35. The van der Waals surface area contributed by atoms with Crippen molar-refractivity contribution >= 4 is 27.7 Å². The van der Waals surface area contributed by atoms with Crippen molar-refractivity contribution in [2.45, 2.75) is 26.4 Å². The highest BCUT2D eigenvalue weighted by atomic mass is 79.9. The highest BCUT2D eigenvalue weighted by Gasteiger charge is 2.24. The number of carbonyl (C=O) groups is 1. The summed E-state index contributed by atoms with van der Waals surface area (Å²) in [6, 6.07) is 7.32. The lowest BCUT2D eigenvalue weighted by atomic mass is 10.2. The Labute approximate surface area is 116 Å². The van der Waals surface area contributed by atoms with Gasteiger partial charge in [0.25, 0.3) is 0 Å². The van der Waals surface area contributed by atoms with E-state index in [4.69, 9.17) is 9.84 Å². The second kappa shape index (κ2) is 6.20. The summed E-state index contributed by atoms with van der Waals surface area (Å²) in [4.78, 5) is 13.5. The van der Waals surface area contributed by atoms with Crippen LogP contribution in [0.1, 0.15) is 20.8 Å². The number of aliphatic hydroxyl groups excluding tert-OH is 1. The number of hydrogen-bond donors (Lipinski definition) is 1. The first kappa shape index (κ1) is 15.0. The van der Waals surface area contributed by atoms with Gasteiger partial charge in [0.1, 0.15) is 5.60 Å². The fourth-order valence-corrected chi connectivity index (χ4v) is 1.90. The quantitative estimate of drug-likeness (QED) is 0.932. The Balaban J connectivity index is 2.96. The van der Waals surface area contributed by atoms with Crippen LogP contribution in [0.4, 0.5) is 10.5 Å². The lowest BCUT2D eigenvalue weighted by Gasteiger charge is -2.27. The fraction of sp³-hybridized carbons (Fsp3) is 0.462. The van der Waals surface area contributed by atoms with Crippen LogP contribution in [-0.2, 0) is 4.74 Å². The van der Waals surface area contributed by atoms with Crippen LogP contribution >= 0.6 is 15.9 Å². The standard InChI is InChI=1S/C13H18BrNO3/c1-13(2,3)18-12(17)15(8-9-16)11-7-5-4-6-10(11)14/h4-7,16H,8-9H2,1-3H3. The molecule has 0 aliphatic rings. The van der Waals surface area contributed by atoms with Gasteiger partial charge in [-0.25, -0.2) is 4.79 Å². The zero-order valence-electron chi connectivity index (χ0n) is 10.8. The monoisotopic (exact) mass is 315 g/mol. The molecule has 1 N–H and O–H groups in total. The molecule has 0 atom stereocenters. The summed E-state index contributed by atoms with van der Waals surface area (Å²) in [5.74, 6) is 0. The number of aliphatic hydroxyl groups is 1. The summed E-state index contributed by atoms with van der Waals surface area (Å²) in [6.07, 6.45) is -0.469. The molecule has 0 aliphatic heterocycles. The van der Waals surface area contributed by atoms with Crippen LogP contribution in [0.2, 0.25) is 0 Å². The summed E-state index contributed by atoms with van der Waals surface area (Å²) in [6.45, 7) is 5.49. The number of para-hydroxylation sites is 1. The van der Waals surface area contributed by atoms with Gasteiger partial charge in [-0.15, -0.1) is 0 Å². The van der Waals surface area contributed by atoms with Crippen molar-refractivity contribution in [2.24, 2.45) is 0 Å². The van der Waals surface area contributed by atoms with Gasteiger partial charge in [0.2, 0.25) is 0 Å². The average Bonchev–Trinajstić information content (AvgIpc) is 2.24. The van der Waals surface area contributed by atoms with E-state index in [9.17, 15) is 4.79 Å². The zero-order chi connectivity index (χ0) is 13.8. The molecule has 5 heteroatoms. The molecule has 0 bridgehead atoms. The van der Waals surface area contributed by atoms with Crippen molar-refractivity contribution in [2.75, 3.05) is 18.1 Å². The third-order valence-electron chi connectivity index (χ3n) is 2.08. The molecule has 1 aromatic carbocycles. The molecule has 0 aliphatic carbocycles. The third-order valence-corrected chi connectivity index (χ3v) is 2.75. The second-order valence-electron chi connectivity index (χ2n) is 4.81. The van der Waals surface area contributed by atoms with Crippen molar-refractivity contribution in [1.29, 1.82) is 0 Å². The molecule has 100 valence electrons. The summed E-state index contributed by atoms with van der Waals surface area (Å²) in [7, 11) is 0. The normalized spacial score (nSPS) is 11.2. The van der Waals surface area contributed by atoms with E-state index < -0.39 is 11.7 Å². The molecule has 4 nitrogen and oxygen atoms in total. The molecule has 0 unspecified atom stereocenters. The predicted octanol–water partition coefficient (Wildman–Crippen LogP) is 3.18. The molecule has 0 heterocycles. The van der Waals surface area contributed by atoms with Crippen LogP contribution < -0.4 is 4.90 Å². The number of amides is 1. The van der Waals surface area contributed by atoms with Gasteiger partial charge >= 0.3 is 6.09 Å². The Kier molecular flexibility index (Phi) is 5.16. The number of benzene rings is 1. The van der Waals surface area contributed by atoms with Crippen LogP contribution in [0.3, 0.4) is 0 Å². The largest absolute Gasteiger partial charge is 0.443 e. The highest BCUT2D eigenvalue weighted by Crippen LogP contribution is 2.26. The second-order valence-corrected chi connectivity index (χ2v) is 5.66. The van der Waals surface area contributed by atoms with E-state index in [1.807, 2.05) is 39.0 Å². The molecular weight excluding hydrogens is 298 g/mol. The lowest BCUT2D eigenvalue weighted by molar-refractivity contribution is 0.0573. The molecular formula is C13H18BrNO3. The van der Waals surface area contributed by atoms with E-state index in [2.05, 4.69) is 15.9 Å². The van der Waals surface area contributed by atoms with Crippen molar-refractivity contribution in [1.82, 2.24) is 0 Å². The number of hydrogen-bond acceptors (Lipinski definition) is 3. The van der Waals surface area contributed by atoms with Gasteiger partial charge in [-0.05, 0) is 48.8 Å². The Morgan fingerprint density at radius 3 is 2.50 bits per heavy atom. The minimum absolute atomic E-state index is 0.124. The van der Waals surface area contributed by atoms with Gasteiger partial charge in [-0.2, -0.15) is 0 Å². The van der Waals surface area contributed by atoms with Crippen LogP contribution in [-0.4, -0.2) is 30.0 Å². The summed E-state index contributed by atoms with van der Waals surface area (Å²) in [5.41, 5.74) is 0.118. The average molecular weight is 316 g/mol. The Morgan fingerprint density at radius 2 is 2.00 bits per heavy atom. The minimum Gasteiger partial charge on any atom is -0.443 e. The minimum atomic E-state index is -0.563. The number of ether oxygens (including phenoxy) is 1. The molecule has 0 saturated heterocycles. The van der Waals surface area contributed by atoms with E-state index in [1.165, 1.54) is 4.90 Å². The van der Waals surface area contributed by atoms with E-state index in [0.29, 0.717) is 5.69 Å². The SMILES string of the molecule is CC(C)(C)OC(=O)N(CCO)c1ccccc1Br.